The lowest BCUT2D eigenvalue weighted by atomic mass is 10.0. The molecule has 1 aromatic rings. The molecule has 2 atom stereocenters. The molecule has 1 aliphatic rings. The van der Waals surface area contributed by atoms with E-state index in [1.54, 1.807) is 0 Å². The second-order valence-electron chi connectivity index (χ2n) is 5.35. The highest BCUT2D eigenvalue weighted by Crippen LogP contribution is 2.31. The van der Waals surface area contributed by atoms with Crippen LogP contribution in [0.5, 0.6) is 5.88 Å². The normalized spacial score (nSPS) is 24.8. The van der Waals surface area contributed by atoms with Crippen molar-refractivity contribution in [1.82, 2.24) is 9.55 Å². The van der Waals surface area contributed by atoms with Gasteiger partial charge >= 0.3 is 5.69 Å². The molecule has 0 radical (unpaired) electrons. The predicted molar refractivity (Wildman–Crippen MR) is 69.0 cm³/mol. The third-order valence-corrected chi connectivity index (χ3v) is 3.94. The summed E-state index contributed by atoms with van der Waals surface area (Å²) in [6.45, 7) is 3.74. The molecule has 1 aromatic heterocycles. The summed E-state index contributed by atoms with van der Waals surface area (Å²) in [4.78, 5) is 25.5. The van der Waals surface area contributed by atoms with E-state index in [9.17, 15) is 14.7 Å². The molecule has 100 valence electrons. The Morgan fingerprint density at radius 1 is 1.22 bits per heavy atom. The first-order valence-electron chi connectivity index (χ1n) is 6.55. The SMILES string of the molecule is Cc1c(O)n(C2CCCC(C)CC2)c(=O)[nH]c1=O. The molecule has 0 aromatic carbocycles. The third kappa shape index (κ3) is 2.35. The fourth-order valence-electron chi connectivity index (χ4n) is 2.69. The quantitative estimate of drug-likeness (QED) is 0.747. The average Bonchev–Trinajstić information content (AvgIpc) is 2.52. The molecule has 0 spiro atoms. The Morgan fingerprint density at radius 2 is 1.94 bits per heavy atom. The lowest BCUT2D eigenvalue weighted by Crippen LogP contribution is -2.33. The molecule has 2 rings (SSSR count). The maximum absolute atomic E-state index is 11.9. The van der Waals surface area contributed by atoms with E-state index in [2.05, 4.69) is 11.9 Å². The van der Waals surface area contributed by atoms with Crippen molar-refractivity contribution >= 4 is 0 Å². The molecular weight excluding hydrogens is 232 g/mol. The van der Waals surface area contributed by atoms with Crippen molar-refractivity contribution in [3.63, 3.8) is 0 Å². The molecule has 2 N–H and O–H groups in total. The Morgan fingerprint density at radius 3 is 2.67 bits per heavy atom. The van der Waals surface area contributed by atoms with Crippen LogP contribution in [0.1, 0.15) is 50.6 Å². The number of aromatic amines is 1. The van der Waals surface area contributed by atoms with Gasteiger partial charge < -0.3 is 5.11 Å². The van der Waals surface area contributed by atoms with Crippen molar-refractivity contribution in [1.29, 1.82) is 0 Å². The van der Waals surface area contributed by atoms with Gasteiger partial charge in [0.15, 0.2) is 0 Å². The van der Waals surface area contributed by atoms with Crippen LogP contribution in [0.25, 0.3) is 0 Å². The van der Waals surface area contributed by atoms with E-state index in [-0.39, 0.29) is 17.5 Å². The van der Waals surface area contributed by atoms with Crippen LogP contribution in [-0.2, 0) is 0 Å². The van der Waals surface area contributed by atoms with Gasteiger partial charge in [0.25, 0.3) is 5.56 Å². The van der Waals surface area contributed by atoms with E-state index >= 15 is 0 Å². The van der Waals surface area contributed by atoms with Gasteiger partial charge in [0.2, 0.25) is 5.88 Å². The fourth-order valence-corrected chi connectivity index (χ4v) is 2.69. The molecular formula is C13H20N2O3. The second kappa shape index (κ2) is 5.00. The van der Waals surface area contributed by atoms with E-state index in [1.807, 2.05) is 0 Å². The molecule has 1 fully saturated rings. The number of hydrogen-bond donors (Lipinski definition) is 2. The Kier molecular flexibility index (Phi) is 3.59. The van der Waals surface area contributed by atoms with Gasteiger partial charge in [-0.3, -0.25) is 14.3 Å². The Balaban J connectivity index is 2.42. The summed E-state index contributed by atoms with van der Waals surface area (Å²) in [5, 5.41) is 10.0. The van der Waals surface area contributed by atoms with Gasteiger partial charge in [-0.1, -0.05) is 19.8 Å². The summed E-state index contributed by atoms with van der Waals surface area (Å²) in [5.74, 6) is 0.486. The zero-order chi connectivity index (χ0) is 13.3. The molecule has 0 bridgehead atoms. The summed E-state index contributed by atoms with van der Waals surface area (Å²) in [6, 6.07) is -0.00185. The molecule has 18 heavy (non-hydrogen) atoms. The number of H-pyrrole nitrogens is 1. The number of aromatic nitrogens is 2. The van der Waals surface area contributed by atoms with Crippen molar-refractivity contribution in [3.05, 3.63) is 26.4 Å². The van der Waals surface area contributed by atoms with Crippen LogP contribution in [0, 0.1) is 12.8 Å². The predicted octanol–water partition coefficient (Wildman–Crippen LogP) is 1.69. The van der Waals surface area contributed by atoms with Crippen molar-refractivity contribution in [2.75, 3.05) is 0 Å². The first-order valence-corrected chi connectivity index (χ1v) is 6.55. The van der Waals surface area contributed by atoms with Crippen LogP contribution in [0.4, 0.5) is 0 Å². The highest BCUT2D eigenvalue weighted by molar-refractivity contribution is 5.21. The number of hydrogen-bond acceptors (Lipinski definition) is 3. The van der Waals surface area contributed by atoms with Crippen LogP contribution in [0.15, 0.2) is 9.59 Å². The first-order chi connectivity index (χ1) is 8.50. The standard InChI is InChI=1S/C13H20N2O3/c1-8-4-3-5-10(7-6-8)15-12(17)9(2)11(16)14-13(15)18/h8,10,17H,3-7H2,1-2H3,(H,14,16,18). The van der Waals surface area contributed by atoms with E-state index in [1.165, 1.54) is 11.5 Å². The molecule has 2 unspecified atom stereocenters. The van der Waals surface area contributed by atoms with Gasteiger partial charge in [-0.05, 0) is 32.1 Å². The Hall–Kier alpha value is -1.52. The second-order valence-corrected chi connectivity index (χ2v) is 5.35. The summed E-state index contributed by atoms with van der Waals surface area (Å²) >= 11 is 0. The molecule has 0 amide bonds. The molecule has 1 heterocycles. The average molecular weight is 252 g/mol. The number of rotatable bonds is 1. The maximum Gasteiger partial charge on any atom is 0.331 e. The molecule has 0 aliphatic heterocycles. The lowest BCUT2D eigenvalue weighted by Gasteiger charge is -2.19. The molecule has 5 nitrogen and oxygen atoms in total. The van der Waals surface area contributed by atoms with Gasteiger partial charge in [0, 0.05) is 6.04 Å². The summed E-state index contributed by atoms with van der Waals surface area (Å²) in [6.07, 6.45) is 5.02. The fraction of sp³-hybridized carbons (Fsp3) is 0.692. The van der Waals surface area contributed by atoms with Crippen molar-refractivity contribution in [2.24, 2.45) is 5.92 Å². The monoisotopic (exact) mass is 252 g/mol. The molecule has 1 saturated carbocycles. The van der Waals surface area contributed by atoms with Crippen molar-refractivity contribution in [2.45, 2.75) is 52.0 Å². The zero-order valence-corrected chi connectivity index (χ0v) is 10.9. The smallest absolute Gasteiger partial charge is 0.331 e. The van der Waals surface area contributed by atoms with Crippen LogP contribution in [-0.4, -0.2) is 14.7 Å². The highest BCUT2D eigenvalue weighted by Gasteiger charge is 2.22. The van der Waals surface area contributed by atoms with Crippen LogP contribution in [0.3, 0.4) is 0 Å². The zero-order valence-electron chi connectivity index (χ0n) is 10.9. The van der Waals surface area contributed by atoms with Crippen molar-refractivity contribution in [3.8, 4) is 5.88 Å². The minimum Gasteiger partial charge on any atom is -0.494 e. The van der Waals surface area contributed by atoms with Gasteiger partial charge in [-0.25, -0.2) is 4.79 Å². The van der Waals surface area contributed by atoms with Crippen LogP contribution >= 0.6 is 0 Å². The van der Waals surface area contributed by atoms with Gasteiger partial charge in [-0.2, -0.15) is 0 Å². The van der Waals surface area contributed by atoms with E-state index in [0.717, 1.165) is 32.1 Å². The van der Waals surface area contributed by atoms with Crippen LogP contribution < -0.4 is 11.2 Å². The minimum absolute atomic E-state index is 0.00185. The van der Waals surface area contributed by atoms with E-state index < -0.39 is 11.2 Å². The first kappa shape index (κ1) is 12.9. The van der Waals surface area contributed by atoms with Gasteiger partial charge in [-0.15, -0.1) is 0 Å². The van der Waals surface area contributed by atoms with E-state index in [0.29, 0.717) is 5.92 Å². The molecule has 5 heteroatoms. The number of nitrogens with one attached hydrogen (secondary N) is 1. The largest absolute Gasteiger partial charge is 0.494 e. The van der Waals surface area contributed by atoms with Crippen LogP contribution in [0.2, 0.25) is 0 Å². The summed E-state index contributed by atoms with van der Waals surface area (Å²) < 4.78 is 1.36. The minimum atomic E-state index is -0.504. The number of aromatic hydroxyl groups is 1. The summed E-state index contributed by atoms with van der Waals surface area (Å²) in [7, 11) is 0. The maximum atomic E-state index is 11.9. The topological polar surface area (TPSA) is 75.1 Å². The van der Waals surface area contributed by atoms with Crippen molar-refractivity contribution < 1.29 is 5.11 Å². The van der Waals surface area contributed by atoms with Gasteiger partial charge in [0.05, 0.1) is 5.56 Å². The summed E-state index contributed by atoms with van der Waals surface area (Å²) in [5.41, 5.74) is -0.787. The third-order valence-electron chi connectivity index (χ3n) is 3.94. The van der Waals surface area contributed by atoms with E-state index in [4.69, 9.17) is 0 Å². The highest BCUT2D eigenvalue weighted by atomic mass is 16.3. The molecule has 1 aliphatic carbocycles. The van der Waals surface area contributed by atoms with Gasteiger partial charge in [0.1, 0.15) is 0 Å². The Labute approximate surface area is 105 Å². The Bertz CT molecular complexity index is 544. The lowest BCUT2D eigenvalue weighted by molar-refractivity contribution is 0.334. The number of nitrogens with zero attached hydrogens (tertiary/aromatic N) is 1. The molecule has 0 saturated heterocycles.